The maximum absolute atomic E-state index is 11.3. The number of carbonyl (C=O) groups excluding carboxylic acids is 1. The second kappa shape index (κ2) is 8.57. The topological polar surface area (TPSA) is 79.5 Å². The van der Waals surface area contributed by atoms with E-state index in [1.165, 1.54) is 18.4 Å². The van der Waals surface area contributed by atoms with Gasteiger partial charge in [0.2, 0.25) is 5.91 Å². The number of amides is 1. The lowest BCUT2D eigenvalue weighted by Crippen LogP contribution is -2.41. The highest BCUT2D eigenvalue weighted by atomic mass is 79.9. The van der Waals surface area contributed by atoms with Crippen LogP contribution in [-0.2, 0) is 12.0 Å². The number of benzene rings is 2. The van der Waals surface area contributed by atoms with Crippen molar-refractivity contribution in [1.29, 1.82) is 0 Å². The molecule has 0 saturated heterocycles. The summed E-state index contributed by atoms with van der Waals surface area (Å²) in [6.07, 6.45) is 2.35. The van der Waals surface area contributed by atoms with Crippen LogP contribution in [0.4, 0.5) is 0 Å². The van der Waals surface area contributed by atoms with Crippen molar-refractivity contribution in [3.05, 3.63) is 69.7 Å². The molecular formula is C21H25BrN4O. The van der Waals surface area contributed by atoms with E-state index in [-0.39, 0.29) is 5.41 Å². The smallest absolute Gasteiger partial charge is 0.248 e. The van der Waals surface area contributed by atoms with Gasteiger partial charge in [-0.15, -0.1) is 0 Å². The van der Waals surface area contributed by atoms with Crippen molar-refractivity contribution in [3.63, 3.8) is 0 Å². The zero-order valence-corrected chi connectivity index (χ0v) is 17.1. The Balaban J connectivity index is 1.66. The van der Waals surface area contributed by atoms with Gasteiger partial charge in [0.25, 0.3) is 0 Å². The molecule has 1 aliphatic rings. The molecule has 0 spiro atoms. The molecule has 0 aromatic heterocycles. The SMILES string of the molecule is CCNC(=NCc1cccc(C(N)=O)c1)NCC1(c2cccc(Br)c2)CC1. The maximum Gasteiger partial charge on any atom is 0.248 e. The van der Waals surface area contributed by atoms with E-state index in [0.29, 0.717) is 12.1 Å². The van der Waals surface area contributed by atoms with Gasteiger partial charge in [0.05, 0.1) is 6.54 Å². The molecule has 1 fully saturated rings. The summed E-state index contributed by atoms with van der Waals surface area (Å²) in [6.45, 7) is 4.17. The second-order valence-corrected chi connectivity index (χ2v) is 7.82. The van der Waals surface area contributed by atoms with Crippen molar-refractivity contribution in [1.82, 2.24) is 10.6 Å². The number of nitrogens with one attached hydrogen (secondary N) is 2. The summed E-state index contributed by atoms with van der Waals surface area (Å²) in [5.41, 5.74) is 8.36. The van der Waals surface area contributed by atoms with E-state index in [2.05, 4.69) is 55.8 Å². The largest absolute Gasteiger partial charge is 0.366 e. The Morgan fingerprint density at radius 3 is 2.63 bits per heavy atom. The average molecular weight is 429 g/mol. The third kappa shape index (κ3) is 5.10. The Morgan fingerprint density at radius 2 is 1.96 bits per heavy atom. The Labute approximate surface area is 168 Å². The first-order chi connectivity index (χ1) is 13.0. The minimum absolute atomic E-state index is 0.186. The molecule has 4 N–H and O–H groups in total. The first-order valence-corrected chi connectivity index (χ1v) is 9.99. The van der Waals surface area contributed by atoms with Crippen LogP contribution >= 0.6 is 15.9 Å². The van der Waals surface area contributed by atoms with Gasteiger partial charge in [-0.3, -0.25) is 4.79 Å². The molecule has 0 bridgehead atoms. The molecule has 1 saturated carbocycles. The summed E-state index contributed by atoms with van der Waals surface area (Å²) in [6, 6.07) is 15.8. The number of rotatable bonds is 7. The number of primary amides is 1. The van der Waals surface area contributed by atoms with Crippen molar-refractivity contribution >= 4 is 27.8 Å². The van der Waals surface area contributed by atoms with Crippen LogP contribution in [0, 0.1) is 0 Å². The highest BCUT2D eigenvalue weighted by molar-refractivity contribution is 9.10. The number of nitrogens with two attached hydrogens (primary N) is 1. The molecule has 3 rings (SSSR count). The molecule has 1 amide bonds. The molecule has 1 aliphatic carbocycles. The van der Waals surface area contributed by atoms with Gasteiger partial charge in [-0.1, -0.05) is 40.2 Å². The van der Waals surface area contributed by atoms with Gasteiger partial charge in [-0.2, -0.15) is 0 Å². The molecule has 2 aromatic rings. The third-order valence-corrected chi connectivity index (χ3v) is 5.35. The highest BCUT2D eigenvalue weighted by Crippen LogP contribution is 2.48. The van der Waals surface area contributed by atoms with Crippen molar-refractivity contribution in [3.8, 4) is 0 Å². The van der Waals surface area contributed by atoms with Crippen molar-refractivity contribution < 1.29 is 4.79 Å². The van der Waals surface area contributed by atoms with Crippen LogP contribution < -0.4 is 16.4 Å². The zero-order chi connectivity index (χ0) is 19.3. The first-order valence-electron chi connectivity index (χ1n) is 9.19. The molecule has 0 aliphatic heterocycles. The van der Waals surface area contributed by atoms with Gasteiger partial charge in [-0.25, -0.2) is 4.99 Å². The van der Waals surface area contributed by atoms with E-state index in [1.807, 2.05) is 19.1 Å². The molecule has 5 nitrogen and oxygen atoms in total. The van der Waals surface area contributed by atoms with Crippen LogP contribution in [0.5, 0.6) is 0 Å². The quantitative estimate of drug-likeness (QED) is 0.467. The lowest BCUT2D eigenvalue weighted by atomic mass is 9.96. The molecule has 142 valence electrons. The normalized spacial score (nSPS) is 15.3. The summed E-state index contributed by atoms with van der Waals surface area (Å²) < 4.78 is 1.11. The Hall–Kier alpha value is -2.34. The number of hydrogen-bond acceptors (Lipinski definition) is 2. The van der Waals surface area contributed by atoms with Crippen molar-refractivity contribution in [2.75, 3.05) is 13.1 Å². The minimum Gasteiger partial charge on any atom is -0.366 e. The fourth-order valence-corrected chi connectivity index (χ4v) is 3.52. The summed E-state index contributed by atoms with van der Waals surface area (Å²) >= 11 is 3.56. The number of guanidine groups is 1. The van der Waals surface area contributed by atoms with Crippen LogP contribution in [-0.4, -0.2) is 25.0 Å². The van der Waals surface area contributed by atoms with Gasteiger partial charge < -0.3 is 16.4 Å². The number of halogens is 1. The molecule has 6 heteroatoms. The van der Waals surface area contributed by atoms with Gasteiger partial charge in [0.15, 0.2) is 5.96 Å². The Kier molecular flexibility index (Phi) is 6.16. The van der Waals surface area contributed by atoms with Crippen LogP contribution in [0.2, 0.25) is 0 Å². The lowest BCUT2D eigenvalue weighted by Gasteiger charge is -2.19. The van der Waals surface area contributed by atoms with Crippen molar-refractivity contribution in [2.24, 2.45) is 10.7 Å². The Bertz CT molecular complexity index is 846. The standard InChI is InChI=1S/C21H25BrN4O/c1-2-24-20(25-13-15-5-3-6-16(11-15)19(23)27)26-14-21(9-10-21)17-7-4-8-18(22)12-17/h3-8,11-12H,2,9-10,13-14H2,1H3,(H2,23,27)(H2,24,25,26). The predicted octanol–water partition coefficient (Wildman–Crippen LogP) is 3.33. The van der Waals surface area contributed by atoms with E-state index >= 15 is 0 Å². The zero-order valence-electron chi connectivity index (χ0n) is 15.5. The average Bonchev–Trinajstić information content (AvgIpc) is 3.45. The summed E-state index contributed by atoms with van der Waals surface area (Å²) in [5, 5.41) is 6.77. The maximum atomic E-state index is 11.3. The van der Waals surface area contributed by atoms with Gasteiger partial charge in [-0.05, 0) is 55.2 Å². The summed E-state index contributed by atoms with van der Waals surface area (Å²) in [5.74, 6) is 0.360. The third-order valence-electron chi connectivity index (χ3n) is 4.86. The molecule has 0 radical (unpaired) electrons. The first kappa shape index (κ1) is 19.4. The number of aliphatic imine (C=N–C) groups is 1. The fourth-order valence-electron chi connectivity index (χ4n) is 3.12. The number of nitrogens with zero attached hydrogens (tertiary/aromatic N) is 1. The molecule has 0 atom stereocenters. The van der Waals surface area contributed by atoms with Crippen LogP contribution in [0.3, 0.4) is 0 Å². The predicted molar refractivity (Wildman–Crippen MR) is 113 cm³/mol. The molecule has 27 heavy (non-hydrogen) atoms. The summed E-state index contributed by atoms with van der Waals surface area (Å²) in [7, 11) is 0. The molecule has 0 unspecified atom stereocenters. The van der Waals surface area contributed by atoms with Crippen LogP contribution in [0.1, 0.15) is 41.3 Å². The second-order valence-electron chi connectivity index (χ2n) is 6.90. The molecular weight excluding hydrogens is 404 g/mol. The Morgan fingerprint density at radius 1 is 1.19 bits per heavy atom. The van der Waals surface area contributed by atoms with Gasteiger partial charge in [0.1, 0.15) is 0 Å². The van der Waals surface area contributed by atoms with E-state index in [1.54, 1.807) is 12.1 Å². The van der Waals surface area contributed by atoms with Gasteiger partial charge in [0, 0.05) is 28.5 Å². The van der Waals surface area contributed by atoms with E-state index in [4.69, 9.17) is 5.73 Å². The lowest BCUT2D eigenvalue weighted by molar-refractivity contribution is 0.1000. The van der Waals surface area contributed by atoms with Crippen molar-refractivity contribution in [2.45, 2.75) is 31.7 Å². The van der Waals surface area contributed by atoms with Crippen LogP contribution in [0.25, 0.3) is 0 Å². The van der Waals surface area contributed by atoms with Gasteiger partial charge >= 0.3 is 0 Å². The molecule has 0 heterocycles. The number of hydrogen-bond donors (Lipinski definition) is 3. The van der Waals surface area contributed by atoms with E-state index in [0.717, 1.165) is 29.1 Å². The van der Waals surface area contributed by atoms with E-state index < -0.39 is 5.91 Å². The monoisotopic (exact) mass is 428 g/mol. The number of carbonyl (C=O) groups is 1. The minimum atomic E-state index is -0.421. The van der Waals surface area contributed by atoms with Crippen LogP contribution in [0.15, 0.2) is 58.0 Å². The summed E-state index contributed by atoms with van der Waals surface area (Å²) in [4.78, 5) is 16.0. The fraction of sp³-hybridized carbons (Fsp3) is 0.333. The molecule has 2 aromatic carbocycles. The highest BCUT2D eigenvalue weighted by Gasteiger charge is 2.44. The van der Waals surface area contributed by atoms with E-state index in [9.17, 15) is 4.79 Å².